The average Bonchev–Trinajstić information content (AvgIpc) is 2.40. The maximum atomic E-state index is 12.1. The van der Waals surface area contributed by atoms with Crippen molar-refractivity contribution in [2.75, 3.05) is 20.6 Å². The third kappa shape index (κ3) is 1.32. The molecule has 0 aromatic carbocycles. The van der Waals surface area contributed by atoms with Crippen molar-refractivity contribution in [2.45, 2.75) is 6.92 Å². The quantitative estimate of drug-likeness (QED) is 0.548. The van der Waals surface area contributed by atoms with Crippen molar-refractivity contribution < 1.29 is 4.79 Å². The lowest BCUT2D eigenvalue weighted by Gasteiger charge is -2.31. The molecular formula is C11H15N4O+. The van der Waals surface area contributed by atoms with Gasteiger partial charge in [0.05, 0.1) is 20.6 Å². The first-order valence-electron chi connectivity index (χ1n) is 5.10. The zero-order valence-electron chi connectivity index (χ0n) is 9.77. The Balaban J connectivity index is 2.57. The second-order valence-corrected chi connectivity index (χ2v) is 4.22. The highest BCUT2D eigenvalue weighted by atomic mass is 16.2. The Hall–Kier alpha value is -1.75. The van der Waals surface area contributed by atoms with Crippen LogP contribution in [0.5, 0.6) is 0 Å². The van der Waals surface area contributed by atoms with Crippen LogP contribution in [-0.2, 0) is 0 Å². The van der Waals surface area contributed by atoms with E-state index in [9.17, 15) is 4.79 Å². The van der Waals surface area contributed by atoms with E-state index in [0.29, 0.717) is 22.5 Å². The molecule has 0 bridgehead atoms. The standard InChI is InChI=1S/C11H15N4O/c1-5-6-14-11(16)9-7-12-8(2)13-10(9)15(14,3)4/h5,7H,1,6H2,2-4H3/q+1. The monoisotopic (exact) mass is 219 g/mol. The number of fused-ring (bicyclic) bond motifs is 1. The Labute approximate surface area is 94.6 Å². The second-order valence-electron chi connectivity index (χ2n) is 4.22. The predicted octanol–water partition coefficient (Wildman–Crippen LogP) is 0.909. The number of quaternary nitrogens is 1. The molecule has 0 spiro atoms. The number of carbonyl (C=O) groups excluding carboxylic acids is 1. The van der Waals surface area contributed by atoms with Crippen molar-refractivity contribution in [3.05, 3.63) is 30.2 Å². The molecule has 0 saturated heterocycles. The zero-order chi connectivity index (χ0) is 11.9. The SMILES string of the molecule is C=CCN1C(=O)c2cnc(C)nc2[N+]1(C)C. The largest absolute Gasteiger partial charge is 0.308 e. The van der Waals surface area contributed by atoms with Crippen molar-refractivity contribution in [3.63, 3.8) is 0 Å². The molecule has 0 aliphatic carbocycles. The second kappa shape index (κ2) is 3.38. The van der Waals surface area contributed by atoms with E-state index < -0.39 is 0 Å². The molecule has 16 heavy (non-hydrogen) atoms. The number of carbonyl (C=O) groups is 1. The van der Waals surface area contributed by atoms with E-state index in [-0.39, 0.29) is 5.91 Å². The van der Waals surface area contributed by atoms with Crippen molar-refractivity contribution in [1.29, 1.82) is 0 Å². The number of hydrogen-bond donors (Lipinski definition) is 0. The molecule has 0 saturated carbocycles. The van der Waals surface area contributed by atoms with E-state index in [0.717, 1.165) is 5.82 Å². The van der Waals surface area contributed by atoms with Crippen molar-refractivity contribution in [1.82, 2.24) is 19.6 Å². The van der Waals surface area contributed by atoms with Gasteiger partial charge in [0.25, 0.3) is 5.82 Å². The van der Waals surface area contributed by atoms with Gasteiger partial charge in [-0.1, -0.05) is 6.08 Å². The van der Waals surface area contributed by atoms with Crippen molar-refractivity contribution in [2.24, 2.45) is 0 Å². The summed E-state index contributed by atoms with van der Waals surface area (Å²) in [7, 11) is 3.86. The van der Waals surface area contributed by atoms with Crippen LogP contribution in [0.4, 0.5) is 5.82 Å². The van der Waals surface area contributed by atoms with Gasteiger partial charge in [-0.25, -0.2) is 4.98 Å². The molecule has 0 N–H and O–H groups in total. The Bertz CT molecular complexity index is 467. The molecule has 1 aliphatic rings. The van der Waals surface area contributed by atoms with Crippen LogP contribution in [0.1, 0.15) is 16.2 Å². The van der Waals surface area contributed by atoms with Gasteiger partial charge < -0.3 is 0 Å². The number of hydrogen-bond acceptors (Lipinski definition) is 3. The normalized spacial score (nSPS) is 17.4. The molecular weight excluding hydrogens is 204 g/mol. The summed E-state index contributed by atoms with van der Waals surface area (Å²) in [5, 5.41) is 1.70. The van der Waals surface area contributed by atoms with Crippen LogP contribution in [0.3, 0.4) is 0 Å². The van der Waals surface area contributed by atoms with Crippen LogP contribution in [0.25, 0.3) is 0 Å². The number of aryl methyl sites for hydroxylation is 1. The highest BCUT2D eigenvalue weighted by molar-refractivity contribution is 6.02. The molecule has 5 heteroatoms. The summed E-state index contributed by atoms with van der Waals surface area (Å²) in [6.45, 7) is 5.99. The Morgan fingerprint density at radius 1 is 1.56 bits per heavy atom. The van der Waals surface area contributed by atoms with E-state index >= 15 is 0 Å². The fourth-order valence-corrected chi connectivity index (χ4v) is 1.92. The Morgan fingerprint density at radius 2 is 2.25 bits per heavy atom. The van der Waals surface area contributed by atoms with Gasteiger partial charge in [0.15, 0.2) is 0 Å². The summed E-state index contributed by atoms with van der Waals surface area (Å²) < 4.78 is 0.323. The number of aromatic nitrogens is 2. The van der Waals surface area contributed by atoms with E-state index in [1.165, 1.54) is 0 Å². The topological polar surface area (TPSA) is 46.1 Å². The molecule has 1 aromatic heterocycles. The van der Waals surface area contributed by atoms with E-state index in [1.54, 1.807) is 17.3 Å². The lowest BCUT2D eigenvalue weighted by Crippen LogP contribution is -2.54. The highest BCUT2D eigenvalue weighted by Gasteiger charge is 2.46. The van der Waals surface area contributed by atoms with Crippen LogP contribution in [0.2, 0.25) is 0 Å². The minimum Gasteiger partial charge on any atom is -0.264 e. The fourth-order valence-electron chi connectivity index (χ4n) is 1.92. The van der Waals surface area contributed by atoms with Crippen LogP contribution in [-0.4, -0.2) is 41.5 Å². The average molecular weight is 219 g/mol. The van der Waals surface area contributed by atoms with E-state index in [2.05, 4.69) is 16.5 Å². The molecule has 1 amide bonds. The van der Waals surface area contributed by atoms with E-state index in [1.807, 2.05) is 21.0 Å². The van der Waals surface area contributed by atoms with Gasteiger partial charge in [-0.3, -0.25) is 4.79 Å². The Morgan fingerprint density at radius 3 is 2.88 bits per heavy atom. The van der Waals surface area contributed by atoms with Gasteiger partial charge in [-0.2, -0.15) is 14.6 Å². The number of nitrogens with zero attached hydrogens (tertiary/aromatic N) is 4. The predicted molar refractivity (Wildman–Crippen MR) is 61.6 cm³/mol. The Kier molecular flexibility index (Phi) is 2.27. The molecule has 1 aliphatic heterocycles. The molecule has 84 valence electrons. The summed E-state index contributed by atoms with van der Waals surface area (Å²) >= 11 is 0. The lowest BCUT2D eigenvalue weighted by molar-refractivity contribution is 0.0388. The first-order valence-corrected chi connectivity index (χ1v) is 5.10. The van der Waals surface area contributed by atoms with E-state index in [4.69, 9.17) is 0 Å². The molecule has 0 unspecified atom stereocenters. The first-order chi connectivity index (χ1) is 7.48. The van der Waals surface area contributed by atoms with Gasteiger partial charge in [-0.05, 0) is 6.92 Å². The molecule has 2 rings (SSSR count). The van der Waals surface area contributed by atoms with Gasteiger partial charge in [-0.15, -0.1) is 6.58 Å². The highest BCUT2D eigenvalue weighted by Crippen LogP contribution is 2.32. The van der Waals surface area contributed by atoms with Gasteiger partial charge in [0.2, 0.25) is 0 Å². The summed E-state index contributed by atoms with van der Waals surface area (Å²) in [5.74, 6) is 1.39. The molecule has 2 heterocycles. The third-order valence-corrected chi connectivity index (χ3v) is 2.78. The molecule has 0 fully saturated rings. The minimum absolute atomic E-state index is 0.0418. The summed E-state index contributed by atoms with van der Waals surface area (Å²) in [6.07, 6.45) is 3.31. The molecule has 1 aromatic rings. The van der Waals surface area contributed by atoms with Gasteiger partial charge in [0.1, 0.15) is 11.4 Å². The van der Waals surface area contributed by atoms with Gasteiger partial charge in [0, 0.05) is 6.20 Å². The van der Waals surface area contributed by atoms with Crippen molar-refractivity contribution in [3.8, 4) is 0 Å². The van der Waals surface area contributed by atoms with Crippen LogP contribution in [0.15, 0.2) is 18.9 Å². The fraction of sp³-hybridized carbons (Fsp3) is 0.364. The smallest absolute Gasteiger partial charge is 0.264 e. The summed E-state index contributed by atoms with van der Waals surface area (Å²) in [5.41, 5.74) is 0.581. The number of amides is 1. The molecule has 0 radical (unpaired) electrons. The van der Waals surface area contributed by atoms with Crippen molar-refractivity contribution >= 4 is 11.7 Å². The minimum atomic E-state index is -0.0418. The maximum absolute atomic E-state index is 12.1. The molecule has 0 atom stereocenters. The summed E-state index contributed by atoms with van der Waals surface area (Å²) in [6, 6.07) is 0. The van der Waals surface area contributed by atoms with Crippen LogP contribution >= 0.6 is 0 Å². The number of rotatable bonds is 2. The zero-order valence-corrected chi connectivity index (χ0v) is 9.77. The van der Waals surface area contributed by atoms with Crippen LogP contribution in [0, 0.1) is 6.92 Å². The lowest BCUT2D eigenvalue weighted by atomic mass is 10.3. The van der Waals surface area contributed by atoms with Gasteiger partial charge >= 0.3 is 5.91 Å². The third-order valence-electron chi connectivity index (χ3n) is 2.78. The summed E-state index contributed by atoms with van der Waals surface area (Å²) in [4.78, 5) is 20.5. The maximum Gasteiger partial charge on any atom is 0.308 e. The van der Waals surface area contributed by atoms with Crippen LogP contribution < -0.4 is 4.59 Å². The molecule has 5 nitrogen and oxygen atoms in total. The first kappa shape index (κ1) is 10.8.